The normalized spacial score (nSPS) is 9.10. The van der Waals surface area contributed by atoms with E-state index in [-0.39, 0.29) is 19.3 Å². The summed E-state index contributed by atoms with van der Waals surface area (Å²) >= 11 is 0. The van der Waals surface area contributed by atoms with Gasteiger partial charge in [-0.05, 0) is 0 Å². The molecular formula is C6H13NO3. The third-order valence-corrected chi connectivity index (χ3v) is 0.893. The lowest BCUT2D eigenvalue weighted by Gasteiger charge is -2.09. The number of hydrogen-bond acceptors (Lipinski definition) is 3. The van der Waals surface area contributed by atoms with Crippen molar-refractivity contribution < 1.29 is 14.6 Å². The fraction of sp³-hybridized carbons (Fsp3) is 0.833. The van der Waals surface area contributed by atoms with E-state index in [1.807, 2.05) is 0 Å². The molecule has 0 saturated heterocycles. The van der Waals surface area contributed by atoms with Crippen molar-refractivity contribution in [3.05, 3.63) is 0 Å². The molecule has 0 atom stereocenters. The molecule has 0 aromatic carbocycles. The third kappa shape index (κ3) is 4.14. The molecule has 0 aromatic rings. The maximum Gasteiger partial charge on any atom is 0.409 e. The summed E-state index contributed by atoms with van der Waals surface area (Å²) in [5.74, 6) is 0. The lowest BCUT2D eigenvalue weighted by molar-refractivity contribution is 0.110. The van der Waals surface area contributed by atoms with Crippen LogP contribution in [0.3, 0.4) is 0 Å². The van der Waals surface area contributed by atoms with Gasteiger partial charge < -0.3 is 14.7 Å². The highest BCUT2D eigenvalue weighted by atomic mass is 16.6. The van der Waals surface area contributed by atoms with Crippen molar-refractivity contribution in [1.29, 1.82) is 0 Å². The van der Waals surface area contributed by atoms with E-state index in [1.54, 1.807) is 14.1 Å². The van der Waals surface area contributed by atoms with Gasteiger partial charge in [-0.15, -0.1) is 0 Å². The number of hydrogen-bond donors (Lipinski definition) is 1. The summed E-state index contributed by atoms with van der Waals surface area (Å²) in [7, 11) is 3.22. The molecule has 10 heavy (non-hydrogen) atoms. The van der Waals surface area contributed by atoms with Gasteiger partial charge in [-0.2, -0.15) is 0 Å². The molecule has 0 aliphatic rings. The number of rotatable bonds is 3. The van der Waals surface area contributed by atoms with Crippen LogP contribution in [-0.4, -0.2) is 43.4 Å². The zero-order valence-corrected chi connectivity index (χ0v) is 6.33. The molecule has 4 nitrogen and oxygen atoms in total. The summed E-state index contributed by atoms with van der Waals surface area (Å²) < 4.78 is 4.67. The molecule has 1 N–H and O–H groups in total. The Morgan fingerprint density at radius 3 is 2.60 bits per heavy atom. The zero-order valence-electron chi connectivity index (χ0n) is 6.33. The van der Waals surface area contributed by atoms with E-state index >= 15 is 0 Å². The van der Waals surface area contributed by atoms with Crippen LogP contribution in [0.15, 0.2) is 0 Å². The molecule has 0 spiro atoms. The molecule has 0 saturated carbocycles. The Morgan fingerprint density at radius 2 is 2.20 bits per heavy atom. The molecule has 0 heterocycles. The molecule has 60 valence electrons. The largest absolute Gasteiger partial charge is 0.449 e. The van der Waals surface area contributed by atoms with Gasteiger partial charge in [0.15, 0.2) is 0 Å². The highest BCUT2D eigenvalue weighted by molar-refractivity contribution is 5.66. The molecule has 0 unspecified atom stereocenters. The number of carbonyl (C=O) groups is 1. The molecule has 0 aliphatic heterocycles. The van der Waals surface area contributed by atoms with E-state index in [9.17, 15) is 4.79 Å². The second-order valence-electron chi connectivity index (χ2n) is 2.09. The molecule has 0 rings (SSSR count). The number of aliphatic hydroxyl groups excluding tert-OH is 1. The topological polar surface area (TPSA) is 49.8 Å². The van der Waals surface area contributed by atoms with Crippen molar-refractivity contribution in [2.45, 2.75) is 6.42 Å². The van der Waals surface area contributed by atoms with Crippen LogP contribution in [0.5, 0.6) is 0 Å². The van der Waals surface area contributed by atoms with Crippen LogP contribution in [0, 0.1) is 0 Å². The predicted molar refractivity (Wildman–Crippen MR) is 36.7 cm³/mol. The highest BCUT2D eigenvalue weighted by Gasteiger charge is 2.01. The molecule has 4 heteroatoms. The molecule has 0 bridgehead atoms. The van der Waals surface area contributed by atoms with Crippen molar-refractivity contribution >= 4 is 6.09 Å². The first kappa shape index (κ1) is 9.23. The standard InChI is InChI=1S/C6H13NO3/c1-7(2)6(9)10-5-3-4-8/h8H,3-5H2,1-2H3. The first-order valence-electron chi connectivity index (χ1n) is 3.13. The minimum Gasteiger partial charge on any atom is -0.449 e. The summed E-state index contributed by atoms with van der Waals surface area (Å²) in [6, 6.07) is 0. The number of aliphatic hydroxyl groups is 1. The van der Waals surface area contributed by atoms with Crippen molar-refractivity contribution in [3.63, 3.8) is 0 Å². The zero-order chi connectivity index (χ0) is 7.98. The van der Waals surface area contributed by atoms with Crippen LogP contribution in [-0.2, 0) is 4.74 Å². The smallest absolute Gasteiger partial charge is 0.409 e. The van der Waals surface area contributed by atoms with Crippen molar-refractivity contribution in [3.8, 4) is 0 Å². The molecule has 1 amide bonds. The summed E-state index contributed by atoms with van der Waals surface area (Å²) in [5, 5.41) is 8.31. The van der Waals surface area contributed by atoms with Crippen LogP contribution < -0.4 is 0 Å². The van der Waals surface area contributed by atoms with Crippen LogP contribution >= 0.6 is 0 Å². The number of ether oxygens (including phenoxy) is 1. The summed E-state index contributed by atoms with van der Waals surface area (Å²) in [6.07, 6.45) is 0.132. The highest BCUT2D eigenvalue weighted by Crippen LogP contribution is 1.87. The van der Waals surface area contributed by atoms with Gasteiger partial charge in [0.2, 0.25) is 0 Å². The Balaban J connectivity index is 3.22. The second-order valence-corrected chi connectivity index (χ2v) is 2.09. The molecular weight excluding hydrogens is 134 g/mol. The van der Waals surface area contributed by atoms with Gasteiger partial charge in [-0.25, -0.2) is 4.79 Å². The Hall–Kier alpha value is -0.770. The van der Waals surface area contributed by atoms with Crippen molar-refractivity contribution in [1.82, 2.24) is 4.90 Å². The van der Waals surface area contributed by atoms with Crippen LogP contribution in [0.2, 0.25) is 0 Å². The molecule has 0 fully saturated rings. The van der Waals surface area contributed by atoms with Crippen LogP contribution in [0.25, 0.3) is 0 Å². The first-order chi connectivity index (χ1) is 4.68. The van der Waals surface area contributed by atoms with E-state index in [0.29, 0.717) is 6.42 Å². The fourth-order valence-corrected chi connectivity index (χ4v) is 0.353. The van der Waals surface area contributed by atoms with Gasteiger partial charge >= 0.3 is 6.09 Å². The van der Waals surface area contributed by atoms with E-state index in [2.05, 4.69) is 4.74 Å². The van der Waals surface area contributed by atoms with Gasteiger partial charge in [0.25, 0.3) is 0 Å². The van der Waals surface area contributed by atoms with Crippen molar-refractivity contribution in [2.75, 3.05) is 27.3 Å². The Morgan fingerprint density at radius 1 is 1.60 bits per heavy atom. The molecule has 0 aromatic heterocycles. The van der Waals surface area contributed by atoms with Crippen LogP contribution in [0.1, 0.15) is 6.42 Å². The van der Waals surface area contributed by atoms with Gasteiger partial charge in [0.05, 0.1) is 6.61 Å². The van der Waals surface area contributed by atoms with Gasteiger partial charge in [-0.1, -0.05) is 0 Å². The minimum absolute atomic E-state index is 0.0563. The summed E-state index contributed by atoms with van der Waals surface area (Å²) in [5.41, 5.74) is 0. The van der Waals surface area contributed by atoms with Gasteiger partial charge in [0, 0.05) is 27.1 Å². The van der Waals surface area contributed by atoms with E-state index < -0.39 is 0 Å². The Bertz CT molecular complexity index is 103. The quantitative estimate of drug-likeness (QED) is 0.574. The maximum absolute atomic E-state index is 10.6. The average Bonchev–Trinajstić information content (AvgIpc) is 1.88. The van der Waals surface area contributed by atoms with E-state index in [4.69, 9.17) is 5.11 Å². The average molecular weight is 147 g/mol. The fourth-order valence-electron chi connectivity index (χ4n) is 0.353. The van der Waals surface area contributed by atoms with E-state index in [1.165, 1.54) is 4.90 Å². The molecule has 0 radical (unpaired) electrons. The Kier molecular flexibility index (Phi) is 4.66. The van der Waals surface area contributed by atoms with E-state index in [0.717, 1.165) is 0 Å². The third-order valence-electron chi connectivity index (χ3n) is 0.893. The second kappa shape index (κ2) is 5.05. The van der Waals surface area contributed by atoms with Gasteiger partial charge in [-0.3, -0.25) is 0 Å². The lowest BCUT2D eigenvalue weighted by Crippen LogP contribution is -2.23. The maximum atomic E-state index is 10.6. The first-order valence-corrected chi connectivity index (χ1v) is 3.13. The molecule has 0 aliphatic carbocycles. The summed E-state index contributed by atoms with van der Waals surface area (Å²) in [4.78, 5) is 12.0. The van der Waals surface area contributed by atoms with Crippen LogP contribution in [0.4, 0.5) is 4.79 Å². The Labute approximate surface area is 60.4 Å². The lowest BCUT2D eigenvalue weighted by atomic mass is 10.5. The number of nitrogens with zero attached hydrogens (tertiary/aromatic N) is 1. The summed E-state index contributed by atoms with van der Waals surface area (Å²) in [6.45, 7) is 0.341. The predicted octanol–water partition coefficient (Wildman–Crippen LogP) is 0.0670. The number of amides is 1. The monoisotopic (exact) mass is 147 g/mol. The number of carbonyl (C=O) groups excluding carboxylic acids is 1. The minimum atomic E-state index is -0.367. The van der Waals surface area contributed by atoms with Gasteiger partial charge in [0.1, 0.15) is 0 Å². The van der Waals surface area contributed by atoms with Crippen molar-refractivity contribution in [2.24, 2.45) is 0 Å². The SMILES string of the molecule is CN(C)C(=O)OCCCO.